The van der Waals surface area contributed by atoms with Crippen molar-refractivity contribution in [2.75, 3.05) is 13.2 Å². The highest BCUT2D eigenvalue weighted by Gasteiger charge is 2.15. The van der Waals surface area contributed by atoms with Gasteiger partial charge in [0.2, 0.25) is 0 Å². The number of fused-ring (bicyclic) bond motifs is 1. The summed E-state index contributed by atoms with van der Waals surface area (Å²) < 4.78 is 5.30. The van der Waals surface area contributed by atoms with Crippen LogP contribution in [-0.4, -0.2) is 19.1 Å². The normalized spacial score (nSPS) is 15.5. The Bertz CT molecular complexity index is 309. The minimum absolute atomic E-state index is 0.178. The summed E-state index contributed by atoms with van der Waals surface area (Å²) in [6.45, 7) is 0.941. The van der Waals surface area contributed by atoms with Crippen LogP contribution in [0.5, 0.6) is 5.75 Å². The zero-order chi connectivity index (χ0) is 8.39. The Kier molecular flexibility index (Phi) is 1.70. The van der Waals surface area contributed by atoms with Crippen molar-refractivity contribution in [3.05, 3.63) is 29.8 Å². The zero-order valence-corrected chi connectivity index (χ0v) is 6.49. The van der Waals surface area contributed by atoms with Gasteiger partial charge in [0.1, 0.15) is 12.4 Å². The molecule has 1 aliphatic rings. The largest absolute Gasteiger partial charge is 0.491 e. The first kappa shape index (κ1) is 7.16. The predicted molar refractivity (Wildman–Crippen MR) is 43.3 cm³/mol. The topological polar surface area (TPSA) is 40.4 Å². The maximum absolute atomic E-state index is 11.3. The molecule has 0 saturated heterocycles. The highest BCUT2D eigenvalue weighted by atomic mass is 16.5. The molecule has 0 spiro atoms. The fraction of sp³-hybridized carbons (Fsp3) is 0.222. The SMILES string of the molecule is O=C1[N]CCOc2ccccc21. The molecule has 0 unspecified atom stereocenters. The molecular formula is C9H8NO2. The van der Waals surface area contributed by atoms with Crippen molar-refractivity contribution in [2.24, 2.45) is 0 Å². The molecule has 0 aliphatic carbocycles. The first-order chi connectivity index (χ1) is 5.88. The predicted octanol–water partition coefficient (Wildman–Crippen LogP) is 0.824. The number of para-hydroxylation sites is 1. The molecule has 1 heterocycles. The summed E-state index contributed by atoms with van der Waals surface area (Å²) in [6, 6.07) is 7.17. The van der Waals surface area contributed by atoms with E-state index in [0.29, 0.717) is 24.5 Å². The van der Waals surface area contributed by atoms with Gasteiger partial charge in [-0.3, -0.25) is 4.79 Å². The molecule has 2 rings (SSSR count). The lowest BCUT2D eigenvalue weighted by atomic mass is 10.2. The van der Waals surface area contributed by atoms with Gasteiger partial charge in [0.25, 0.3) is 5.91 Å². The van der Waals surface area contributed by atoms with E-state index in [9.17, 15) is 4.79 Å². The summed E-state index contributed by atoms with van der Waals surface area (Å²) in [5.41, 5.74) is 0.565. The number of ether oxygens (including phenoxy) is 1. The molecular weight excluding hydrogens is 154 g/mol. The second-order valence-corrected chi connectivity index (χ2v) is 2.53. The van der Waals surface area contributed by atoms with Gasteiger partial charge in [0, 0.05) is 0 Å². The van der Waals surface area contributed by atoms with Crippen LogP contribution in [0.1, 0.15) is 10.4 Å². The Morgan fingerprint density at radius 1 is 1.33 bits per heavy atom. The molecule has 0 atom stereocenters. The Hall–Kier alpha value is -1.51. The van der Waals surface area contributed by atoms with Crippen molar-refractivity contribution in [3.63, 3.8) is 0 Å². The van der Waals surface area contributed by atoms with Gasteiger partial charge < -0.3 is 4.74 Å². The van der Waals surface area contributed by atoms with Crippen LogP contribution in [0.2, 0.25) is 0 Å². The van der Waals surface area contributed by atoms with Crippen LogP contribution >= 0.6 is 0 Å². The van der Waals surface area contributed by atoms with E-state index in [1.165, 1.54) is 0 Å². The minimum atomic E-state index is -0.178. The molecule has 0 bridgehead atoms. The van der Waals surface area contributed by atoms with Gasteiger partial charge in [-0.1, -0.05) is 12.1 Å². The lowest BCUT2D eigenvalue weighted by molar-refractivity contribution is 0.0952. The fourth-order valence-corrected chi connectivity index (χ4v) is 1.16. The maximum Gasteiger partial charge on any atom is 0.276 e. The van der Waals surface area contributed by atoms with Gasteiger partial charge >= 0.3 is 0 Å². The third-order valence-electron chi connectivity index (χ3n) is 1.72. The third kappa shape index (κ3) is 1.13. The van der Waals surface area contributed by atoms with Crippen LogP contribution in [0.15, 0.2) is 24.3 Å². The number of carbonyl (C=O) groups excluding carboxylic acids is 1. The molecule has 1 aromatic carbocycles. The standard InChI is InChI=1S/C9H8NO2/c11-9-7-3-1-2-4-8(7)12-6-5-10-9/h1-4H,5-6H2. The third-order valence-corrected chi connectivity index (χ3v) is 1.72. The van der Waals surface area contributed by atoms with E-state index in [4.69, 9.17) is 4.74 Å². The molecule has 1 aromatic rings. The van der Waals surface area contributed by atoms with E-state index >= 15 is 0 Å². The number of amides is 1. The first-order valence-corrected chi connectivity index (χ1v) is 3.81. The Morgan fingerprint density at radius 3 is 3.08 bits per heavy atom. The molecule has 0 aromatic heterocycles. The summed E-state index contributed by atoms with van der Waals surface area (Å²) in [6.07, 6.45) is 0. The molecule has 0 fully saturated rings. The molecule has 12 heavy (non-hydrogen) atoms. The first-order valence-electron chi connectivity index (χ1n) is 3.81. The highest BCUT2D eigenvalue weighted by molar-refractivity contribution is 5.96. The second-order valence-electron chi connectivity index (χ2n) is 2.53. The van der Waals surface area contributed by atoms with Crippen LogP contribution in [0.4, 0.5) is 0 Å². The number of carbonyl (C=O) groups is 1. The number of hydrogen-bond donors (Lipinski definition) is 0. The number of hydrogen-bond acceptors (Lipinski definition) is 2. The Morgan fingerprint density at radius 2 is 2.17 bits per heavy atom. The Labute approximate surface area is 70.3 Å². The van der Waals surface area contributed by atoms with Gasteiger partial charge in [-0.25, -0.2) is 5.32 Å². The van der Waals surface area contributed by atoms with Gasteiger partial charge in [0.15, 0.2) is 0 Å². The molecule has 1 aliphatic heterocycles. The summed E-state index contributed by atoms with van der Waals surface area (Å²) in [5.74, 6) is 0.465. The van der Waals surface area contributed by atoms with Crippen molar-refractivity contribution >= 4 is 5.91 Å². The Balaban J connectivity index is 2.46. The van der Waals surface area contributed by atoms with E-state index in [1.54, 1.807) is 18.2 Å². The highest BCUT2D eigenvalue weighted by Crippen LogP contribution is 2.19. The van der Waals surface area contributed by atoms with Gasteiger partial charge in [-0.15, -0.1) is 0 Å². The van der Waals surface area contributed by atoms with Crippen LogP contribution in [0.3, 0.4) is 0 Å². The van der Waals surface area contributed by atoms with Crippen molar-refractivity contribution in [1.29, 1.82) is 0 Å². The average molecular weight is 162 g/mol. The zero-order valence-electron chi connectivity index (χ0n) is 6.49. The summed E-state index contributed by atoms with van der Waals surface area (Å²) in [5, 5.41) is 3.80. The molecule has 1 amide bonds. The maximum atomic E-state index is 11.3. The van der Waals surface area contributed by atoms with Crippen LogP contribution in [-0.2, 0) is 0 Å². The molecule has 61 valence electrons. The summed E-state index contributed by atoms with van der Waals surface area (Å²) in [7, 11) is 0. The van der Waals surface area contributed by atoms with E-state index in [-0.39, 0.29) is 5.91 Å². The van der Waals surface area contributed by atoms with Gasteiger partial charge in [0.05, 0.1) is 12.1 Å². The van der Waals surface area contributed by atoms with Crippen molar-refractivity contribution in [1.82, 2.24) is 5.32 Å². The van der Waals surface area contributed by atoms with Crippen molar-refractivity contribution in [2.45, 2.75) is 0 Å². The molecule has 0 N–H and O–H groups in total. The quantitative estimate of drug-likeness (QED) is 0.566. The van der Waals surface area contributed by atoms with E-state index in [1.807, 2.05) is 6.07 Å². The lowest BCUT2D eigenvalue weighted by Crippen LogP contribution is -2.16. The van der Waals surface area contributed by atoms with Gasteiger partial charge in [-0.05, 0) is 12.1 Å². The molecule has 1 radical (unpaired) electrons. The van der Waals surface area contributed by atoms with Crippen molar-refractivity contribution in [3.8, 4) is 5.75 Å². The van der Waals surface area contributed by atoms with Crippen molar-refractivity contribution < 1.29 is 9.53 Å². The monoisotopic (exact) mass is 162 g/mol. The lowest BCUT2D eigenvalue weighted by Gasteiger charge is -2.02. The van der Waals surface area contributed by atoms with Crippen LogP contribution in [0.25, 0.3) is 0 Å². The summed E-state index contributed by atoms with van der Waals surface area (Å²) >= 11 is 0. The number of nitrogens with zero attached hydrogens (tertiary/aromatic N) is 1. The van der Waals surface area contributed by atoms with Crippen LogP contribution in [0, 0.1) is 0 Å². The minimum Gasteiger partial charge on any atom is -0.491 e. The number of benzene rings is 1. The molecule has 3 heteroatoms. The average Bonchev–Trinajstić information content (AvgIpc) is 2.29. The van der Waals surface area contributed by atoms with Gasteiger partial charge in [-0.2, -0.15) is 0 Å². The fourth-order valence-electron chi connectivity index (χ4n) is 1.16. The molecule has 0 saturated carbocycles. The number of rotatable bonds is 0. The second kappa shape index (κ2) is 2.85. The summed E-state index contributed by atoms with van der Waals surface area (Å²) in [4.78, 5) is 11.3. The van der Waals surface area contributed by atoms with E-state index in [0.717, 1.165) is 0 Å². The van der Waals surface area contributed by atoms with E-state index < -0.39 is 0 Å². The molecule has 3 nitrogen and oxygen atoms in total. The smallest absolute Gasteiger partial charge is 0.276 e. The van der Waals surface area contributed by atoms with E-state index in [2.05, 4.69) is 5.32 Å². The van der Waals surface area contributed by atoms with Crippen LogP contribution < -0.4 is 10.1 Å².